The summed E-state index contributed by atoms with van der Waals surface area (Å²) in [6.45, 7) is 4.02. The molecule has 1 heterocycles. The van der Waals surface area contributed by atoms with Crippen molar-refractivity contribution in [3.05, 3.63) is 69.9 Å². The Morgan fingerprint density at radius 1 is 1.04 bits per heavy atom. The maximum atomic E-state index is 13.3. The molecular weight excluding hydrogens is 364 g/mol. The Balaban J connectivity index is 2.16. The maximum absolute atomic E-state index is 13.3. The van der Waals surface area contributed by atoms with Crippen LogP contribution in [0.25, 0.3) is 5.57 Å². The van der Waals surface area contributed by atoms with Gasteiger partial charge in [-0.25, -0.2) is 4.90 Å². The number of carbonyl (C=O) groups excluding carboxylic acids is 2. The molecule has 0 spiro atoms. The van der Waals surface area contributed by atoms with Gasteiger partial charge < -0.3 is 10.0 Å². The number of hydrogen-bond donors (Lipinski definition) is 1. The molecule has 0 bridgehead atoms. The van der Waals surface area contributed by atoms with Crippen LogP contribution in [0, 0.1) is 13.8 Å². The van der Waals surface area contributed by atoms with Crippen molar-refractivity contribution in [2.45, 2.75) is 13.8 Å². The number of imide groups is 1. The maximum Gasteiger partial charge on any atom is 0.282 e. The highest BCUT2D eigenvalue weighted by Gasteiger charge is 2.42. The fourth-order valence-corrected chi connectivity index (χ4v) is 3.42. The van der Waals surface area contributed by atoms with Crippen LogP contribution in [0.3, 0.4) is 0 Å². The molecule has 0 fully saturated rings. The van der Waals surface area contributed by atoms with Gasteiger partial charge in [0.1, 0.15) is 5.70 Å². The number of benzene rings is 2. The topological polar surface area (TPSA) is 60.9 Å². The van der Waals surface area contributed by atoms with E-state index in [0.717, 1.165) is 21.6 Å². The van der Waals surface area contributed by atoms with Gasteiger partial charge in [0, 0.05) is 18.6 Å². The lowest BCUT2D eigenvalue weighted by Crippen LogP contribution is -2.34. The predicted molar refractivity (Wildman–Crippen MR) is 106 cm³/mol. The molecule has 1 aliphatic rings. The Morgan fingerprint density at radius 3 is 2.30 bits per heavy atom. The van der Waals surface area contributed by atoms with Crippen molar-refractivity contribution in [3.8, 4) is 0 Å². The molecule has 1 N–H and O–H groups in total. The molecule has 3 rings (SSSR count). The minimum atomic E-state index is -0.409. The molecule has 0 atom stereocenters. The number of likely N-dealkylation sites (N-methyl/N-ethyl adjacent to an activating group) is 1. The zero-order valence-electron chi connectivity index (χ0n) is 15.5. The lowest BCUT2D eigenvalue weighted by Gasteiger charge is -2.20. The van der Waals surface area contributed by atoms with Crippen molar-refractivity contribution in [2.75, 3.05) is 25.1 Å². The van der Waals surface area contributed by atoms with Gasteiger partial charge in [-0.15, -0.1) is 0 Å². The summed E-state index contributed by atoms with van der Waals surface area (Å²) in [7, 11) is 1.70. The van der Waals surface area contributed by atoms with Gasteiger partial charge in [-0.1, -0.05) is 35.4 Å². The Kier molecular flexibility index (Phi) is 5.35. The number of amides is 2. The van der Waals surface area contributed by atoms with Crippen LogP contribution in [-0.2, 0) is 9.59 Å². The SMILES string of the molecule is Cc1ccc(C2=C(N(C)CCO)C(=O)N(c3ccc(Cl)cc3)C2=O)c(C)c1. The van der Waals surface area contributed by atoms with E-state index >= 15 is 0 Å². The number of aryl methyl sites for hydroxylation is 2. The molecule has 0 radical (unpaired) electrons. The van der Waals surface area contributed by atoms with E-state index in [1.165, 1.54) is 0 Å². The normalized spacial score (nSPS) is 14.3. The van der Waals surface area contributed by atoms with E-state index < -0.39 is 5.91 Å². The molecule has 5 nitrogen and oxygen atoms in total. The summed E-state index contributed by atoms with van der Waals surface area (Å²) in [4.78, 5) is 29.2. The minimum Gasteiger partial charge on any atom is -0.395 e. The van der Waals surface area contributed by atoms with Crippen LogP contribution in [0.15, 0.2) is 48.2 Å². The zero-order chi connectivity index (χ0) is 19.7. The van der Waals surface area contributed by atoms with E-state index in [-0.39, 0.29) is 24.8 Å². The highest BCUT2D eigenvalue weighted by molar-refractivity contribution is 6.45. The lowest BCUT2D eigenvalue weighted by atomic mass is 9.97. The molecule has 2 aromatic carbocycles. The van der Waals surface area contributed by atoms with Crippen LogP contribution in [0.4, 0.5) is 5.69 Å². The molecule has 2 aromatic rings. The van der Waals surface area contributed by atoms with Gasteiger partial charge >= 0.3 is 0 Å². The van der Waals surface area contributed by atoms with E-state index in [1.54, 1.807) is 36.2 Å². The number of carbonyl (C=O) groups is 2. The second kappa shape index (κ2) is 7.55. The first-order chi connectivity index (χ1) is 12.8. The standard InChI is InChI=1S/C21H21ClN2O3/c1-13-4-9-17(14(2)12-13)18-19(23(3)10-11-25)21(27)24(20(18)26)16-7-5-15(22)6-8-16/h4-9,12,25H,10-11H2,1-3H3. The van der Waals surface area contributed by atoms with Crippen LogP contribution in [0.5, 0.6) is 0 Å². The fraction of sp³-hybridized carbons (Fsp3) is 0.238. The molecule has 2 amide bonds. The van der Waals surface area contributed by atoms with Crippen LogP contribution < -0.4 is 4.90 Å². The first-order valence-corrected chi connectivity index (χ1v) is 9.01. The molecule has 27 heavy (non-hydrogen) atoms. The molecular formula is C21H21ClN2O3. The number of nitrogens with zero attached hydrogens (tertiary/aromatic N) is 2. The Bertz CT molecular complexity index is 935. The summed E-state index contributed by atoms with van der Waals surface area (Å²) >= 11 is 5.94. The highest BCUT2D eigenvalue weighted by Crippen LogP contribution is 2.36. The molecule has 1 aliphatic heterocycles. The van der Waals surface area contributed by atoms with Crippen molar-refractivity contribution in [2.24, 2.45) is 0 Å². The Morgan fingerprint density at radius 2 is 1.70 bits per heavy atom. The molecule has 0 aliphatic carbocycles. The van der Waals surface area contributed by atoms with Gasteiger partial charge in [0.15, 0.2) is 0 Å². The zero-order valence-corrected chi connectivity index (χ0v) is 16.2. The van der Waals surface area contributed by atoms with E-state index in [0.29, 0.717) is 16.3 Å². The lowest BCUT2D eigenvalue weighted by molar-refractivity contribution is -0.120. The summed E-state index contributed by atoms with van der Waals surface area (Å²) in [5.41, 5.74) is 3.81. The van der Waals surface area contributed by atoms with E-state index in [2.05, 4.69) is 0 Å². The van der Waals surface area contributed by atoms with Crippen molar-refractivity contribution < 1.29 is 14.7 Å². The number of rotatable bonds is 5. The Labute approximate surface area is 163 Å². The van der Waals surface area contributed by atoms with Gasteiger partial charge in [-0.05, 0) is 49.2 Å². The predicted octanol–water partition coefficient (Wildman–Crippen LogP) is 3.17. The minimum absolute atomic E-state index is 0.122. The summed E-state index contributed by atoms with van der Waals surface area (Å²) in [5, 5.41) is 9.85. The van der Waals surface area contributed by atoms with Gasteiger partial charge in [0.05, 0.1) is 17.9 Å². The van der Waals surface area contributed by atoms with Crippen molar-refractivity contribution >= 4 is 34.7 Å². The molecule has 0 aromatic heterocycles. The summed E-state index contributed by atoms with van der Waals surface area (Å²) in [6.07, 6.45) is 0. The first-order valence-electron chi connectivity index (χ1n) is 8.63. The van der Waals surface area contributed by atoms with Gasteiger partial charge in [0.2, 0.25) is 0 Å². The number of aliphatic hydroxyl groups is 1. The number of halogens is 1. The van der Waals surface area contributed by atoms with E-state index in [1.807, 2.05) is 32.0 Å². The molecule has 6 heteroatoms. The first kappa shape index (κ1) is 19.1. The largest absolute Gasteiger partial charge is 0.395 e. The second-order valence-corrected chi connectivity index (χ2v) is 7.05. The summed E-state index contributed by atoms with van der Waals surface area (Å²) in [5.74, 6) is -0.790. The summed E-state index contributed by atoms with van der Waals surface area (Å²) in [6, 6.07) is 12.3. The van der Waals surface area contributed by atoms with Crippen LogP contribution in [0.2, 0.25) is 5.02 Å². The average molecular weight is 385 g/mol. The third kappa shape index (κ3) is 3.48. The molecule has 0 unspecified atom stereocenters. The second-order valence-electron chi connectivity index (χ2n) is 6.61. The smallest absolute Gasteiger partial charge is 0.282 e. The molecule has 140 valence electrons. The van der Waals surface area contributed by atoms with Crippen LogP contribution in [0.1, 0.15) is 16.7 Å². The molecule has 0 saturated heterocycles. The Hall–Kier alpha value is -2.63. The van der Waals surface area contributed by atoms with Crippen molar-refractivity contribution in [1.82, 2.24) is 4.90 Å². The van der Waals surface area contributed by atoms with E-state index in [4.69, 9.17) is 11.6 Å². The quantitative estimate of drug-likeness (QED) is 0.804. The van der Waals surface area contributed by atoms with Crippen molar-refractivity contribution in [1.29, 1.82) is 0 Å². The van der Waals surface area contributed by atoms with Crippen LogP contribution >= 0.6 is 11.6 Å². The highest BCUT2D eigenvalue weighted by atomic mass is 35.5. The fourth-order valence-electron chi connectivity index (χ4n) is 3.30. The number of hydrogen-bond acceptors (Lipinski definition) is 4. The van der Waals surface area contributed by atoms with Gasteiger partial charge in [-0.2, -0.15) is 0 Å². The van der Waals surface area contributed by atoms with E-state index in [9.17, 15) is 14.7 Å². The third-order valence-electron chi connectivity index (χ3n) is 4.61. The van der Waals surface area contributed by atoms with Crippen LogP contribution in [-0.4, -0.2) is 42.0 Å². The summed E-state index contributed by atoms with van der Waals surface area (Å²) < 4.78 is 0. The van der Waals surface area contributed by atoms with Gasteiger partial charge in [0.25, 0.3) is 11.8 Å². The third-order valence-corrected chi connectivity index (χ3v) is 4.86. The number of aliphatic hydroxyl groups excluding tert-OH is 1. The number of anilines is 1. The monoisotopic (exact) mass is 384 g/mol. The van der Waals surface area contributed by atoms with Gasteiger partial charge in [-0.3, -0.25) is 9.59 Å². The van der Waals surface area contributed by atoms with Crippen molar-refractivity contribution in [3.63, 3.8) is 0 Å². The molecule has 0 saturated carbocycles. The average Bonchev–Trinajstić information content (AvgIpc) is 2.87.